The van der Waals surface area contributed by atoms with Crippen molar-refractivity contribution < 1.29 is 20.1 Å². The van der Waals surface area contributed by atoms with Crippen LogP contribution in [0.5, 0.6) is 0 Å². The summed E-state index contributed by atoms with van der Waals surface area (Å²) < 4.78 is 5.76. The zero-order chi connectivity index (χ0) is 26.8. The third-order valence-electron chi connectivity index (χ3n) is 7.78. The molecule has 0 spiro atoms. The Morgan fingerprint density at radius 1 is 0.974 bits per heavy atom. The molecule has 8 heteroatoms. The van der Waals surface area contributed by atoms with E-state index in [2.05, 4.69) is 72.3 Å². The molecular formula is C30H38N2O4S2. The SMILES string of the molecule is CS[C@H]1C(c2ccc(C)c(Cc3ccc(-c4cccc(CN5CCN(C)CC5)c4)s3)c2)O[C@H](O)[C@@H](O)C1O. The summed E-state index contributed by atoms with van der Waals surface area (Å²) in [5, 5.41) is 30.4. The van der Waals surface area contributed by atoms with Gasteiger partial charge in [0.15, 0.2) is 6.29 Å². The lowest BCUT2D eigenvalue weighted by atomic mass is 9.93. The van der Waals surface area contributed by atoms with Crippen LogP contribution in [0.25, 0.3) is 10.4 Å². The number of likely N-dealkylation sites (N-methyl/N-ethyl adjacent to an activating group) is 1. The molecule has 1 aromatic heterocycles. The topological polar surface area (TPSA) is 76.4 Å². The maximum absolute atomic E-state index is 10.5. The Balaban J connectivity index is 1.31. The lowest BCUT2D eigenvalue weighted by molar-refractivity contribution is -0.245. The molecule has 2 saturated heterocycles. The molecule has 3 aromatic rings. The number of aryl methyl sites for hydroxylation is 1. The maximum Gasteiger partial charge on any atom is 0.184 e. The van der Waals surface area contributed by atoms with E-state index >= 15 is 0 Å². The van der Waals surface area contributed by atoms with Crippen LogP contribution in [0.15, 0.2) is 54.6 Å². The smallest absolute Gasteiger partial charge is 0.184 e. The van der Waals surface area contributed by atoms with Crippen molar-refractivity contribution in [1.29, 1.82) is 0 Å². The first kappa shape index (κ1) is 27.8. The molecular weight excluding hydrogens is 516 g/mol. The average Bonchev–Trinajstić information content (AvgIpc) is 3.38. The number of ether oxygens (including phenoxy) is 1. The van der Waals surface area contributed by atoms with Gasteiger partial charge in [-0.3, -0.25) is 4.90 Å². The third-order valence-corrected chi connectivity index (χ3v) is 9.98. The number of thioether (sulfide) groups is 1. The monoisotopic (exact) mass is 554 g/mol. The molecule has 2 aromatic carbocycles. The Bertz CT molecular complexity index is 1230. The van der Waals surface area contributed by atoms with Crippen molar-refractivity contribution in [3.05, 3.63) is 81.7 Å². The molecule has 6 nitrogen and oxygen atoms in total. The van der Waals surface area contributed by atoms with Gasteiger partial charge in [-0.05, 0) is 66.2 Å². The van der Waals surface area contributed by atoms with Gasteiger partial charge in [0.2, 0.25) is 0 Å². The highest BCUT2D eigenvalue weighted by molar-refractivity contribution is 7.99. The van der Waals surface area contributed by atoms with Crippen molar-refractivity contribution in [2.24, 2.45) is 0 Å². The molecule has 0 aliphatic carbocycles. The molecule has 0 bridgehead atoms. The minimum Gasteiger partial charge on any atom is -0.389 e. The van der Waals surface area contributed by atoms with Gasteiger partial charge in [0.1, 0.15) is 12.2 Å². The van der Waals surface area contributed by atoms with Crippen molar-refractivity contribution >= 4 is 23.1 Å². The van der Waals surface area contributed by atoms with Gasteiger partial charge >= 0.3 is 0 Å². The van der Waals surface area contributed by atoms with E-state index in [1.54, 1.807) is 0 Å². The molecule has 2 aliphatic rings. The van der Waals surface area contributed by atoms with Crippen LogP contribution in [0.1, 0.15) is 33.2 Å². The average molecular weight is 555 g/mol. The minimum atomic E-state index is -1.41. The summed E-state index contributed by atoms with van der Waals surface area (Å²) >= 11 is 3.26. The summed E-state index contributed by atoms with van der Waals surface area (Å²) in [7, 11) is 2.19. The number of hydrogen-bond donors (Lipinski definition) is 3. The number of aliphatic hydroxyl groups excluding tert-OH is 3. The van der Waals surface area contributed by atoms with E-state index in [9.17, 15) is 15.3 Å². The fraction of sp³-hybridized carbons (Fsp3) is 0.467. The Morgan fingerprint density at radius 2 is 1.76 bits per heavy atom. The fourth-order valence-electron chi connectivity index (χ4n) is 5.34. The number of nitrogens with zero attached hydrogens (tertiary/aromatic N) is 2. The quantitative estimate of drug-likeness (QED) is 0.409. The minimum absolute atomic E-state index is 0.365. The van der Waals surface area contributed by atoms with Crippen molar-refractivity contribution in [2.75, 3.05) is 39.5 Å². The first-order valence-electron chi connectivity index (χ1n) is 13.2. The van der Waals surface area contributed by atoms with Crippen LogP contribution in [-0.4, -0.2) is 88.3 Å². The van der Waals surface area contributed by atoms with E-state index in [1.807, 2.05) is 23.7 Å². The highest BCUT2D eigenvalue weighted by Gasteiger charge is 2.44. The van der Waals surface area contributed by atoms with Crippen molar-refractivity contribution in [3.63, 3.8) is 0 Å². The molecule has 0 amide bonds. The van der Waals surface area contributed by atoms with Crippen LogP contribution in [0.2, 0.25) is 0 Å². The fourth-order valence-corrected chi connectivity index (χ4v) is 7.28. The van der Waals surface area contributed by atoms with E-state index in [4.69, 9.17) is 4.74 Å². The van der Waals surface area contributed by atoms with E-state index in [-0.39, 0.29) is 5.25 Å². The number of thiophene rings is 1. The lowest BCUT2D eigenvalue weighted by Gasteiger charge is -2.40. The largest absolute Gasteiger partial charge is 0.389 e. The summed E-state index contributed by atoms with van der Waals surface area (Å²) in [4.78, 5) is 7.47. The predicted molar refractivity (Wildman–Crippen MR) is 156 cm³/mol. The molecule has 204 valence electrons. The Morgan fingerprint density at radius 3 is 2.53 bits per heavy atom. The number of piperazine rings is 1. The Kier molecular flexibility index (Phi) is 8.92. The normalized spacial score (nSPS) is 27.1. The van der Waals surface area contributed by atoms with Crippen molar-refractivity contribution in [1.82, 2.24) is 9.80 Å². The number of benzene rings is 2. The summed E-state index contributed by atoms with van der Waals surface area (Å²) in [6.07, 6.45) is -1.59. The van der Waals surface area contributed by atoms with Crippen LogP contribution >= 0.6 is 23.1 Å². The van der Waals surface area contributed by atoms with Gasteiger partial charge < -0.3 is 25.0 Å². The van der Waals surface area contributed by atoms with Crippen molar-refractivity contribution in [3.8, 4) is 10.4 Å². The zero-order valence-electron chi connectivity index (χ0n) is 22.3. The second-order valence-corrected chi connectivity index (χ2v) is 12.7. The summed E-state index contributed by atoms with van der Waals surface area (Å²) in [5.74, 6) is 0. The summed E-state index contributed by atoms with van der Waals surface area (Å²) in [6.45, 7) is 7.59. The van der Waals surface area contributed by atoms with Gasteiger partial charge in [-0.1, -0.05) is 36.4 Å². The van der Waals surface area contributed by atoms with Gasteiger partial charge in [0.05, 0.1) is 11.4 Å². The van der Waals surface area contributed by atoms with Crippen LogP contribution in [-0.2, 0) is 17.7 Å². The molecule has 5 rings (SSSR count). The highest BCUT2D eigenvalue weighted by Crippen LogP contribution is 2.39. The van der Waals surface area contributed by atoms with Gasteiger partial charge in [0, 0.05) is 48.9 Å². The summed E-state index contributed by atoms with van der Waals surface area (Å²) in [5.41, 5.74) is 5.91. The highest BCUT2D eigenvalue weighted by atomic mass is 32.2. The molecule has 5 atom stereocenters. The van der Waals surface area contributed by atoms with Gasteiger partial charge in [-0.15, -0.1) is 11.3 Å². The van der Waals surface area contributed by atoms with Crippen LogP contribution < -0.4 is 0 Å². The van der Waals surface area contributed by atoms with Crippen LogP contribution in [0.3, 0.4) is 0 Å². The molecule has 2 fully saturated rings. The summed E-state index contributed by atoms with van der Waals surface area (Å²) in [6, 6.07) is 19.5. The number of hydrogen-bond acceptors (Lipinski definition) is 8. The second kappa shape index (κ2) is 12.2. The standard InChI is InChI=1S/C30H38N2O4S2/c1-19-7-8-22(28-29(37-3)26(33)27(34)30(35)36-28)16-23(19)17-24-9-10-25(38-24)21-6-4-5-20(15-21)18-32-13-11-31(2)12-14-32/h4-10,15-16,26-30,33-35H,11-14,17-18H2,1-3H3/t26?,27-,28?,29+,30-/m0/s1. The van der Waals surface area contributed by atoms with E-state index in [1.165, 1.54) is 43.8 Å². The lowest BCUT2D eigenvalue weighted by Crippen LogP contribution is -2.52. The molecule has 3 heterocycles. The molecule has 0 saturated carbocycles. The first-order valence-corrected chi connectivity index (χ1v) is 15.3. The van der Waals surface area contributed by atoms with E-state index in [0.717, 1.165) is 44.7 Å². The zero-order valence-corrected chi connectivity index (χ0v) is 23.9. The third kappa shape index (κ3) is 6.18. The van der Waals surface area contributed by atoms with Gasteiger partial charge in [-0.2, -0.15) is 11.8 Å². The van der Waals surface area contributed by atoms with Crippen LogP contribution in [0, 0.1) is 6.92 Å². The van der Waals surface area contributed by atoms with E-state index in [0.29, 0.717) is 0 Å². The second-order valence-electron chi connectivity index (χ2n) is 10.5. The Labute approximate surface area is 233 Å². The number of rotatable bonds is 7. The molecule has 3 N–H and O–H groups in total. The first-order chi connectivity index (χ1) is 18.3. The van der Waals surface area contributed by atoms with Crippen LogP contribution in [0.4, 0.5) is 0 Å². The molecule has 38 heavy (non-hydrogen) atoms. The van der Waals surface area contributed by atoms with Gasteiger partial charge in [0.25, 0.3) is 0 Å². The maximum atomic E-state index is 10.5. The molecule has 0 radical (unpaired) electrons. The van der Waals surface area contributed by atoms with Crippen molar-refractivity contribution in [2.45, 2.75) is 49.7 Å². The van der Waals surface area contributed by atoms with E-state index < -0.39 is 24.6 Å². The predicted octanol–water partition coefficient (Wildman–Crippen LogP) is 3.90. The molecule has 2 unspecified atom stereocenters. The Hall–Kier alpha value is -1.75. The molecule has 2 aliphatic heterocycles. The van der Waals surface area contributed by atoms with Gasteiger partial charge in [-0.25, -0.2) is 0 Å². The number of aliphatic hydroxyl groups is 3.